The molecule has 9 heteroatoms. The van der Waals surface area contributed by atoms with Crippen molar-refractivity contribution in [2.24, 2.45) is 0 Å². The second-order valence-corrected chi connectivity index (χ2v) is 13.2. The Bertz CT molecular complexity index is 1810. The lowest BCUT2D eigenvalue weighted by atomic mass is 10.1. The highest BCUT2D eigenvalue weighted by Gasteiger charge is 2.37. The Morgan fingerprint density at radius 1 is 0.905 bits per heavy atom. The van der Waals surface area contributed by atoms with Crippen LogP contribution in [0.1, 0.15) is 38.8 Å². The van der Waals surface area contributed by atoms with Gasteiger partial charge in [-0.15, -0.1) is 0 Å². The molecule has 0 aliphatic carbocycles. The summed E-state index contributed by atoms with van der Waals surface area (Å²) in [5.41, 5.74) is 3.69. The predicted molar refractivity (Wildman–Crippen MR) is 164 cm³/mol. The fourth-order valence-electron chi connectivity index (χ4n) is 5.78. The quantitative estimate of drug-likeness (QED) is 0.288. The van der Waals surface area contributed by atoms with Crippen molar-refractivity contribution in [1.82, 2.24) is 4.90 Å². The third-order valence-corrected chi connectivity index (χ3v) is 10.1. The van der Waals surface area contributed by atoms with Crippen molar-refractivity contribution in [3.8, 4) is 0 Å². The Labute approximate surface area is 250 Å². The molecule has 7 nitrogen and oxygen atoms in total. The fraction of sp³-hybridized carbons (Fsp3) is 0.212. The van der Waals surface area contributed by atoms with Crippen LogP contribution in [-0.2, 0) is 16.4 Å². The minimum atomic E-state index is -4.04. The number of amides is 2. The highest BCUT2D eigenvalue weighted by atomic mass is 35.5. The van der Waals surface area contributed by atoms with E-state index in [0.717, 1.165) is 11.3 Å². The minimum Gasteiger partial charge on any atom is -0.365 e. The standard InChI is InChI=1S/C33H30ClN3O4S/c1-22-6-5-7-27(18-22)36-17-16-35(20-23(36)2)32(38)25-12-15-31-29(19-25)37(21-24-10-13-26(34)14-11-24)33(39)28-8-3-4-9-30(28)42(31,40)41/h3-15,18-19,23H,16-17,20-21H2,1-2H3/t23-/m0/s1. The maximum atomic E-state index is 13.9. The van der Waals surface area contributed by atoms with Gasteiger partial charge in [0, 0.05) is 41.9 Å². The second kappa shape index (κ2) is 10.9. The zero-order valence-electron chi connectivity index (χ0n) is 23.3. The van der Waals surface area contributed by atoms with Crippen LogP contribution in [0.15, 0.2) is 101 Å². The maximum absolute atomic E-state index is 13.9. The van der Waals surface area contributed by atoms with Gasteiger partial charge >= 0.3 is 0 Å². The Morgan fingerprint density at radius 2 is 1.67 bits per heavy atom. The van der Waals surface area contributed by atoms with E-state index in [0.29, 0.717) is 30.2 Å². The van der Waals surface area contributed by atoms with E-state index in [9.17, 15) is 18.0 Å². The van der Waals surface area contributed by atoms with Gasteiger partial charge in [-0.25, -0.2) is 8.42 Å². The molecule has 4 aromatic rings. The third-order valence-electron chi connectivity index (χ3n) is 7.94. The third kappa shape index (κ3) is 5.05. The molecule has 2 heterocycles. The zero-order chi connectivity index (χ0) is 29.6. The number of fused-ring (bicyclic) bond motifs is 2. The molecule has 0 bridgehead atoms. The van der Waals surface area contributed by atoms with Crippen LogP contribution in [0.25, 0.3) is 0 Å². The van der Waals surface area contributed by atoms with Crippen LogP contribution in [0.2, 0.25) is 5.02 Å². The molecule has 42 heavy (non-hydrogen) atoms. The van der Waals surface area contributed by atoms with Crippen LogP contribution in [0.5, 0.6) is 0 Å². The van der Waals surface area contributed by atoms with Gasteiger partial charge in [-0.2, -0.15) is 0 Å². The highest BCUT2D eigenvalue weighted by molar-refractivity contribution is 7.91. The average molecular weight is 600 g/mol. The summed E-state index contributed by atoms with van der Waals surface area (Å²) in [4.78, 5) is 33.2. The number of aryl methyl sites for hydroxylation is 1. The number of hydrogen-bond acceptors (Lipinski definition) is 5. The molecule has 0 aromatic heterocycles. The van der Waals surface area contributed by atoms with Crippen LogP contribution >= 0.6 is 11.6 Å². The largest absolute Gasteiger partial charge is 0.365 e. The molecular formula is C33H30ClN3O4S. The fourth-order valence-corrected chi connectivity index (χ4v) is 7.54. The average Bonchev–Trinajstić information content (AvgIpc) is 3.05. The van der Waals surface area contributed by atoms with Crippen molar-refractivity contribution in [3.05, 3.63) is 118 Å². The van der Waals surface area contributed by atoms with Gasteiger partial charge in [0.25, 0.3) is 11.8 Å². The van der Waals surface area contributed by atoms with Gasteiger partial charge < -0.3 is 14.7 Å². The van der Waals surface area contributed by atoms with Gasteiger partial charge in [0.15, 0.2) is 0 Å². The number of anilines is 2. The van der Waals surface area contributed by atoms with Crippen LogP contribution in [0.3, 0.4) is 0 Å². The summed E-state index contributed by atoms with van der Waals surface area (Å²) in [5, 5.41) is 0.555. The van der Waals surface area contributed by atoms with Crippen LogP contribution in [0.4, 0.5) is 11.4 Å². The van der Waals surface area contributed by atoms with Crippen LogP contribution in [-0.4, -0.2) is 50.8 Å². The van der Waals surface area contributed by atoms with E-state index in [1.165, 1.54) is 28.7 Å². The maximum Gasteiger partial charge on any atom is 0.259 e. The first-order chi connectivity index (χ1) is 20.1. The molecule has 0 saturated carbocycles. The Balaban J connectivity index is 1.36. The molecule has 6 rings (SSSR count). The number of sulfone groups is 1. The van der Waals surface area contributed by atoms with Crippen molar-refractivity contribution in [2.75, 3.05) is 29.4 Å². The van der Waals surface area contributed by atoms with Gasteiger partial charge in [-0.05, 0) is 79.6 Å². The number of carbonyl (C=O) groups is 2. The Morgan fingerprint density at radius 3 is 2.40 bits per heavy atom. The molecule has 1 fully saturated rings. The minimum absolute atomic E-state index is 0.0102. The molecule has 0 unspecified atom stereocenters. The van der Waals surface area contributed by atoms with Crippen molar-refractivity contribution < 1.29 is 18.0 Å². The van der Waals surface area contributed by atoms with Crippen LogP contribution < -0.4 is 9.80 Å². The van der Waals surface area contributed by atoms with E-state index in [4.69, 9.17) is 11.6 Å². The predicted octanol–water partition coefficient (Wildman–Crippen LogP) is 5.99. The summed E-state index contributed by atoms with van der Waals surface area (Å²) in [6.07, 6.45) is 0. The lowest BCUT2D eigenvalue weighted by Crippen LogP contribution is -2.53. The van der Waals surface area contributed by atoms with Gasteiger partial charge in [-0.3, -0.25) is 9.59 Å². The monoisotopic (exact) mass is 599 g/mol. The number of rotatable bonds is 4. The van der Waals surface area contributed by atoms with E-state index in [-0.39, 0.29) is 39.5 Å². The molecular weight excluding hydrogens is 570 g/mol. The summed E-state index contributed by atoms with van der Waals surface area (Å²) >= 11 is 6.08. The molecule has 2 aliphatic heterocycles. The molecule has 2 aliphatic rings. The normalized spacial score (nSPS) is 17.8. The van der Waals surface area contributed by atoms with E-state index >= 15 is 0 Å². The molecule has 1 atom stereocenters. The summed E-state index contributed by atoms with van der Waals surface area (Å²) in [5.74, 6) is -0.653. The number of carbonyl (C=O) groups excluding carboxylic acids is 2. The zero-order valence-corrected chi connectivity index (χ0v) is 24.9. The summed E-state index contributed by atoms with van der Waals surface area (Å²) in [7, 11) is -4.04. The van der Waals surface area contributed by atoms with Gasteiger partial charge in [0.05, 0.1) is 27.6 Å². The Kier molecular flexibility index (Phi) is 7.29. The first-order valence-electron chi connectivity index (χ1n) is 13.8. The van der Waals surface area contributed by atoms with Crippen molar-refractivity contribution in [3.63, 3.8) is 0 Å². The smallest absolute Gasteiger partial charge is 0.259 e. The number of benzene rings is 4. The molecule has 214 valence electrons. The molecule has 1 saturated heterocycles. The second-order valence-electron chi connectivity index (χ2n) is 10.8. The topological polar surface area (TPSA) is 78.0 Å². The summed E-state index contributed by atoms with van der Waals surface area (Å²) in [6, 6.07) is 26.2. The number of hydrogen-bond donors (Lipinski definition) is 0. The summed E-state index contributed by atoms with van der Waals surface area (Å²) in [6.45, 7) is 5.97. The SMILES string of the molecule is Cc1cccc(N2CCN(C(=O)c3ccc4c(c3)N(Cc3ccc(Cl)cc3)C(=O)c3ccccc3S4(=O)=O)C[C@@H]2C)c1. The van der Waals surface area contributed by atoms with E-state index in [1.54, 1.807) is 53.4 Å². The van der Waals surface area contributed by atoms with E-state index in [1.807, 2.05) is 6.07 Å². The van der Waals surface area contributed by atoms with Gasteiger partial charge in [0.2, 0.25) is 9.84 Å². The highest BCUT2D eigenvalue weighted by Crippen LogP contribution is 2.38. The number of halogens is 1. The van der Waals surface area contributed by atoms with E-state index < -0.39 is 15.7 Å². The Hall–Kier alpha value is -4.14. The lowest BCUT2D eigenvalue weighted by molar-refractivity contribution is 0.0726. The molecule has 0 N–H and O–H groups in total. The molecule has 2 amide bonds. The first-order valence-corrected chi connectivity index (χ1v) is 15.7. The van der Waals surface area contributed by atoms with E-state index in [2.05, 4.69) is 36.9 Å². The van der Waals surface area contributed by atoms with Crippen LogP contribution in [0, 0.1) is 6.92 Å². The molecule has 4 aromatic carbocycles. The summed E-state index contributed by atoms with van der Waals surface area (Å²) < 4.78 is 27.7. The van der Waals surface area contributed by atoms with Crippen molar-refractivity contribution in [2.45, 2.75) is 36.2 Å². The number of piperazine rings is 1. The van der Waals surface area contributed by atoms with Gasteiger partial charge in [0.1, 0.15) is 0 Å². The lowest BCUT2D eigenvalue weighted by Gasteiger charge is -2.41. The van der Waals surface area contributed by atoms with Gasteiger partial charge in [-0.1, -0.05) is 48.0 Å². The van der Waals surface area contributed by atoms with Crippen molar-refractivity contribution >= 4 is 44.6 Å². The molecule has 0 spiro atoms. The van der Waals surface area contributed by atoms with Crippen molar-refractivity contribution in [1.29, 1.82) is 0 Å². The molecule has 0 radical (unpaired) electrons. The number of nitrogens with zero attached hydrogens (tertiary/aromatic N) is 3. The first kappa shape index (κ1) is 28.0.